The van der Waals surface area contributed by atoms with Crippen molar-refractivity contribution < 1.29 is 4.79 Å². The summed E-state index contributed by atoms with van der Waals surface area (Å²) in [6, 6.07) is 0.0651. The molecular formula is C13H26ClN3O. The maximum atomic E-state index is 11.8. The number of amides is 1. The van der Waals surface area contributed by atoms with Gasteiger partial charge in [-0.3, -0.25) is 4.79 Å². The Morgan fingerprint density at radius 1 is 1.39 bits per heavy atom. The van der Waals surface area contributed by atoms with E-state index in [4.69, 9.17) is 0 Å². The van der Waals surface area contributed by atoms with Crippen LogP contribution in [0.1, 0.15) is 32.6 Å². The molecule has 0 aromatic carbocycles. The maximum absolute atomic E-state index is 11.8. The molecule has 2 fully saturated rings. The molecule has 2 N–H and O–H groups in total. The van der Waals surface area contributed by atoms with Crippen LogP contribution in [0.2, 0.25) is 0 Å². The zero-order valence-corrected chi connectivity index (χ0v) is 12.1. The molecule has 5 heteroatoms. The number of rotatable bonds is 4. The summed E-state index contributed by atoms with van der Waals surface area (Å²) in [5.41, 5.74) is 0. The van der Waals surface area contributed by atoms with Crippen LogP contribution in [-0.2, 0) is 4.79 Å². The third kappa shape index (κ3) is 4.75. The van der Waals surface area contributed by atoms with Gasteiger partial charge in [-0.05, 0) is 44.7 Å². The van der Waals surface area contributed by atoms with Crippen LogP contribution in [0.4, 0.5) is 0 Å². The lowest BCUT2D eigenvalue weighted by atomic mass is 10.0. The molecule has 2 rings (SSSR count). The van der Waals surface area contributed by atoms with Crippen molar-refractivity contribution in [2.24, 2.45) is 5.92 Å². The van der Waals surface area contributed by atoms with Gasteiger partial charge in [-0.25, -0.2) is 0 Å². The van der Waals surface area contributed by atoms with Crippen molar-refractivity contribution in [3.05, 3.63) is 0 Å². The summed E-state index contributed by atoms with van der Waals surface area (Å²) < 4.78 is 0. The van der Waals surface area contributed by atoms with Crippen LogP contribution in [0.15, 0.2) is 0 Å². The van der Waals surface area contributed by atoms with Crippen molar-refractivity contribution >= 4 is 18.3 Å². The van der Waals surface area contributed by atoms with Crippen LogP contribution in [0.3, 0.4) is 0 Å². The Balaban J connectivity index is 0.00000162. The molecule has 18 heavy (non-hydrogen) atoms. The fraction of sp³-hybridized carbons (Fsp3) is 0.923. The predicted molar refractivity (Wildman–Crippen MR) is 76.1 cm³/mol. The van der Waals surface area contributed by atoms with E-state index in [-0.39, 0.29) is 24.4 Å². The number of hydrogen-bond donors (Lipinski definition) is 2. The van der Waals surface area contributed by atoms with E-state index in [0.717, 1.165) is 38.4 Å². The summed E-state index contributed by atoms with van der Waals surface area (Å²) in [7, 11) is 0. The standard InChI is InChI=1S/C13H25N3O.ClH/c1-11-4-3-8-16(10-11)9-7-15-13(17)12-5-2-6-14-12;/h11-12,14H,2-10H2,1H3,(H,15,17);1H. The second-order valence-corrected chi connectivity index (χ2v) is 5.49. The van der Waals surface area contributed by atoms with Gasteiger partial charge in [0.1, 0.15) is 0 Å². The van der Waals surface area contributed by atoms with Gasteiger partial charge in [0.2, 0.25) is 5.91 Å². The number of nitrogens with one attached hydrogen (secondary N) is 2. The molecule has 2 heterocycles. The maximum Gasteiger partial charge on any atom is 0.237 e. The molecule has 106 valence electrons. The first kappa shape index (κ1) is 15.7. The monoisotopic (exact) mass is 275 g/mol. The van der Waals surface area contributed by atoms with E-state index in [0.29, 0.717) is 0 Å². The Labute approximate surface area is 116 Å². The lowest BCUT2D eigenvalue weighted by Crippen LogP contribution is -2.44. The third-order valence-electron chi connectivity index (χ3n) is 3.85. The van der Waals surface area contributed by atoms with Crippen LogP contribution in [0.25, 0.3) is 0 Å². The molecule has 2 saturated heterocycles. The highest BCUT2D eigenvalue weighted by atomic mass is 35.5. The van der Waals surface area contributed by atoms with Crippen molar-refractivity contribution in [2.75, 3.05) is 32.7 Å². The van der Waals surface area contributed by atoms with Gasteiger partial charge in [0.25, 0.3) is 0 Å². The summed E-state index contributed by atoms with van der Waals surface area (Å²) in [6.07, 6.45) is 4.78. The van der Waals surface area contributed by atoms with E-state index in [9.17, 15) is 4.79 Å². The molecule has 0 radical (unpaired) electrons. The Morgan fingerprint density at radius 2 is 2.22 bits per heavy atom. The number of carbonyl (C=O) groups is 1. The normalized spacial score (nSPS) is 28.7. The number of piperidine rings is 1. The quantitative estimate of drug-likeness (QED) is 0.805. The second-order valence-electron chi connectivity index (χ2n) is 5.49. The second kappa shape index (κ2) is 7.97. The van der Waals surface area contributed by atoms with Crippen molar-refractivity contribution in [3.63, 3.8) is 0 Å². The molecule has 0 spiro atoms. The van der Waals surface area contributed by atoms with Gasteiger partial charge in [0, 0.05) is 19.6 Å². The van der Waals surface area contributed by atoms with E-state index in [1.54, 1.807) is 0 Å². The summed E-state index contributed by atoms with van der Waals surface area (Å²) >= 11 is 0. The van der Waals surface area contributed by atoms with Gasteiger partial charge < -0.3 is 15.5 Å². The molecule has 2 aliphatic heterocycles. The van der Waals surface area contributed by atoms with Crippen LogP contribution in [0, 0.1) is 5.92 Å². The van der Waals surface area contributed by atoms with E-state index < -0.39 is 0 Å². The first-order valence-corrected chi connectivity index (χ1v) is 6.99. The van der Waals surface area contributed by atoms with Crippen molar-refractivity contribution in [3.8, 4) is 0 Å². The molecule has 0 bridgehead atoms. The van der Waals surface area contributed by atoms with Crippen molar-refractivity contribution in [1.82, 2.24) is 15.5 Å². The van der Waals surface area contributed by atoms with Gasteiger partial charge in [-0.2, -0.15) is 0 Å². The number of nitrogens with zero attached hydrogens (tertiary/aromatic N) is 1. The largest absolute Gasteiger partial charge is 0.353 e. The summed E-state index contributed by atoms with van der Waals surface area (Å²) in [6.45, 7) is 7.49. The molecule has 1 amide bonds. The Bertz CT molecular complexity index is 257. The predicted octanol–water partition coefficient (Wildman–Crippen LogP) is 1.01. The third-order valence-corrected chi connectivity index (χ3v) is 3.85. The highest BCUT2D eigenvalue weighted by Gasteiger charge is 2.22. The van der Waals surface area contributed by atoms with Crippen LogP contribution >= 0.6 is 12.4 Å². The Morgan fingerprint density at radius 3 is 2.89 bits per heavy atom. The van der Waals surface area contributed by atoms with Gasteiger partial charge in [0.05, 0.1) is 6.04 Å². The summed E-state index contributed by atoms with van der Waals surface area (Å²) in [4.78, 5) is 14.2. The highest BCUT2D eigenvalue weighted by Crippen LogP contribution is 2.14. The van der Waals surface area contributed by atoms with Gasteiger partial charge in [0.15, 0.2) is 0 Å². The molecular weight excluding hydrogens is 250 g/mol. The van der Waals surface area contributed by atoms with Gasteiger partial charge in [-0.1, -0.05) is 6.92 Å². The number of likely N-dealkylation sites (tertiary alicyclic amines) is 1. The summed E-state index contributed by atoms with van der Waals surface area (Å²) in [5, 5.41) is 6.27. The molecule has 0 aromatic heterocycles. The Kier molecular flexibility index (Phi) is 6.97. The van der Waals surface area contributed by atoms with Crippen LogP contribution in [0.5, 0.6) is 0 Å². The minimum absolute atomic E-state index is 0. The van der Waals surface area contributed by atoms with E-state index >= 15 is 0 Å². The highest BCUT2D eigenvalue weighted by molar-refractivity contribution is 5.85. The SMILES string of the molecule is CC1CCCN(CCNC(=O)C2CCCN2)C1.Cl. The first-order valence-electron chi connectivity index (χ1n) is 6.99. The number of hydrogen-bond acceptors (Lipinski definition) is 3. The smallest absolute Gasteiger partial charge is 0.237 e. The molecule has 0 aromatic rings. The van der Waals surface area contributed by atoms with Crippen LogP contribution in [-0.4, -0.2) is 49.6 Å². The number of carbonyl (C=O) groups excluding carboxylic acids is 1. The molecule has 0 saturated carbocycles. The molecule has 2 atom stereocenters. The summed E-state index contributed by atoms with van der Waals surface area (Å²) in [5.74, 6) is 1.00. The minimum atomic E-state index is 0. The minimum Gasteiger partial charge on any atom is -0.353 e. The average Bonchev–Trinajstić information content (AvgIpc) is 2.82. The fourth-order valence-electron chi connectivity index (χ4n) is 2.86. The van der Waals surface area contributed by atoms with Crippen LogP contribution < -0.4 is 10.6 Å². The molecule has 2 aliphatic rings. The fourth-order valence-corrected chi connectivity index (χ4v) is 2.86. The van der Waals surface area contributed by atoms with E-state index in [1.165, 1.54) is 25.9 Å². The topological polar surface area (TPSA) is 44.4 Å². The van der Waals surface area contributed by atoms with Gasteiger partial charge in [-0.15, -0.1) is 12.4 Å². The zero-order valence-electron chi connectivity index (χ0n) is 11.3. The van der Waals surface area contributed by atoms with E-state index in [2.05, 4.69) is 22.5 Å². The molecule has 0 aliphatic carbocycles. The lowest BCUT2D eigenvalue weighted by Gasteiger charge is -2.30. The molecule has 4 nitrogen and oxygen atoms in total. The average molecular weight is 276 g/mol. The number of halogens is 1. The van der Waals surface area contributed by atoms with Crippen molar-refractivity contribution in [1.29, 1.82) is 0 Å². The van der Waals surface area contributed by atoms with E-state index in [1.807, 2.05) is 0 Å². The molecule has 2 unspecified atom stereocenters. The zero-order chi connectivity index (χ0) is 12.1. The first-order chi connectivity index (χ1) is 8.25. The van der Waals surface area contributed by atoms with Crippen molar-refractivity contribution in [2.45, 2.75) is 38.6 Å². The Hall–Kier alpha value is -0.320. The van der Waals surface area contributed by atoms with Gasteiger partial charge >= 0.3 is 0 Å². The lowest BCUT2D eigenvalue weighted by molar-refractivity contribution is -0.122.